The van der Waals surface area contributed by atoms with Crippen LogP contribution in [0.15, 0.2) is 53.4 Å². The van der Waals surface area contributed by atoms with Crippen molar-refractivity contribution in [3.63, 3.8) is 0 Å². The van der Waals surface area contributed by atoms with E-state index in [0.717, 1.165) is 39.2 Å². The Labute approximate surface area is 209 Å². The summed E-state index contributed by atoms with van der Waals surface area (Å²) in [6, 6.07) is 14.5. The van der Waals surface area contributed by atoms with Crippen LogP contribution >= 0.6 is 23.1 Å². The SMILES string of the molecule is CCc1nnc([C@H]2C(=N)S/C(=C\c3c(C)n(Cc4ccc([N+](=O)[O-])cc4)c4ccccc34)C2=O)s1. The first kappa shape index (κ1) is 23.1. The van der Waals surface area contributed by atoms with Gasteiger partial charge in [-0.3, -0.25) is 20.3 Å². The van der Waals surface area contributed by atoms with Gasteiger partial charge in [0, 0.05) is 40.8 Å². The molecule has 0 spiro atoms. The third-order valence-corrected chi connectivity index (χ3v) is 8.19. The van der Waals surface area contributed by atoms with Crippen LogP contribution in [0.2, 0.25) is 0 Å². The monoisotopic (exact) mass is 503 g/mol. The number of rotatable bonds is 6. The molecular weight excluding hydrogens is 482 g/mol. The number of nitrogens with one attached hydrogen (secondary N) is 1. The normalized spacial score (nSPS) is 17.1. The predicted molar refractivity (Wildman–Crippen MR) is 139 cm³/mol. The molecule has 1 aliphatic heterocycles. The quantitative estimate of drug-likeness (QED) is 0.204. The summed E-state index contributed by atoms with van der Waals surface area (Å²) in [5, 5.41) is 30.4. The van der Waals surface area contributed by atoms with Crippen molar-refractivity contribution >= 4 is 56.6 Å². The molecule has 4 aromatic rings. The Morgan fingerprint density at radius 2 is 1.91 bits per heavy atom. The molecule has 1 fully saturated rings. The Morgan fingerprint density at radius 3 is 2.60 bits per heavy atom. The molecule has 1 aliphatic rings. The molecule has 2 aromatic heterocycles. The Hall–Kier alpha value is -3.63. The van der Waals surface area contributed by atoms with Crippen LogP contribution in [0.4, 0.5) is 5.69 Å². The molecule has 0 radical (unpaired) electrons. The number of allylic oxidation sites excluding steroid dienone is 1. The van der Waals surface area contributed by atoms with Crippen molar-refractivity contribution in [3.05, 3.63) is 90.4 Å². The van der Waals surface area contributed by atoms with E-state index in [1.165, 1.54) is 35.2 Å². The highest BCUT2D eigenvalue weighted by molar-refractivity contribution is 8.19. The van der Waals surface area contributed by atoms with Gasteiger partial charge in [-0.15, -0.1) is 21.5 Å². The van der Waals surface area contributed by atoms with E-state index >= 15 is 0 Å². The highest BCUT2D eigenvalue weighted by atomic mass is 32.2. The molecule has 1 saturated heterocycles. The number of non-ortho nitro benzene ring substituents is 1. The highest BCUT2D eigenvalue weighted by Crippen LogP contribution is 2.42. The molecule has 1 atom stereocenters. The Kier molecular flexibility index (Phi) is 6.08. The minimum Gasteiger partial charge on any atom is -0.340 e. The molecule has 0 unspecified atom stereocenters. The minimum absolute atomic E-state index is 0.0588. The van der Waals surface area contributed by atoms with E-state index in [0.29, 0.717) is 16.5 Å². The van der Waals surface area contributed by atoms with Gasteiger partial charge >= 0.3 is 0 Å². The fourth-order valence-corrected chi connectivity index (χ4v) is 6.16. The van der Waals surface area contributed by atoms with Crippen molar-refractivity contribution in [2.45, 2.75) is 32.7 Å². The summed E-state index contributed by atoms with van der Waals surface area (Å²) >= 11 is 2.57. The van der Waals surface area contributed by atoms with E-state index in [-0.39, 0.29) is 16.5 Å². The van der Waals surface area contributed by atoms with Crippen LogP contribution in [0.25, 0.3) is 17.0 Å². The number of aryl methyl sites for hydroxylation is 1. The molecule has 8 nitrogen and oxygen atoms in total. The second kappa shape index (κ2) is 9.20. The Morgan fingerprint density at radius 1 is 1.17 bits per heavy atom. The summed E-state index contributed by atoms with van der Waals surface area (Å²) in [4.78, 5) is 24.4. The van der Waals surface area contributed by atoms with Crippen molar-refractivity contribution in [1.82, 2.24) is 14.8 Å². The van der Waals surface area contributed by atoms with Gasteiger partial charge in [0.2, 0.25) is 0 Å². The van der Waals surface area contributed by atoms with Crippen LogP contribution in [0.3, 0.4) is 0 Å². The van der Waals surface area contributed by atoms with Crippen molar-refractivity contribution < 1.29 is 9.72 Å². The van der Waals surface area contributed by atoms with Gasteiger partial charge in [-0.25, -0.2) is 0 Å². The van der Waals surface area contributed by atoms with Gasteiger partial charge in [-0.05, 0) is 31.1 Å². The first-order valence-corrected chi connectivity index (χ1v) is 12.7. The number of aromatic nitrogens is 3. The third-order valence-electron chi connectivity index (χ3n) is 6.06. The van der Waals surface area contributed by atoms with Gasteiger partial charge in [0.15, 0.2) is 5.78 Å². The van der Waals surface area contributed by atoms with E-state index in [1.54, 1.807) is 12.1 Å². The number of hydrogen-bond acceptors (Lipinski definition) is 8. The lowest BCUT2D eigenvalue weighted by molar-refractivity contribution is -0.384. The van der Waals surface area contributed by atoms with E-state index in [1.807, 2.05) is 44.2 Å². The lowest BCUT2D eigenvalue weighted by Crippen LogP contribution is -2.11. The van der Waals surface area contributed by atoms with Crippen molar-refractivity contribution in [3.8, 4) is 0 Å². The number of thioether (sulfide) groups is 1. The van der Waals surface area contributed by atoms with Crippen molar-refractivity contribution in [2.24, 2.45) is 0 Å². The molecule has 0 saturated carbocycles. The summed E-state index contributed by atoms with van der Waals surface area (Å²) in [5.74, 6) is -0.803. The zero-order chi connectivity index (χ0) is 24.7. The van der Waals surface area contributed by atoms with Gasteiger partial charge in [-0.2, -0.15) is 0 Å². The standard InChI is InChI=1S/C25H21N5O3S2/c1-3-21-27-28-25(35-21)22-23(31)20(34-24(22)26)12-18-14(2)29(19-7-5-4-6-17(18)19)13-15-8-10-16(11-9-15)30(32)33/h4-12,22,26H,3,13H2,1-2H3/b20-12-,26-24?/t22-/m1/s1. The molecule has 2 aromatic carbocycles. The lowest BCUT2D eigenvalue weighted by Gasteiger charge is -2.09. The van der Waals surface area contributed by atoms with Gasteiger partial charge in [0.05, 0.1) is 14.9 Å². The van der Waals surface area contributed by atoms with Crippen LogP contribution in [0.1, 0.15) is 39.7 Å². The summed E-state index contributed by atoms with van der Waals surface area (Å²) < 4.78 is 2.15. The van der Waals surface area contributed by atoms with E-state index in [2.05, 4.69) is 14.8 Å². The number of nitro groups is 1. The number of Topliss-reactive ketones (excluding diaryl/α,β-unsaturated/α-hetero) is 1. The molecule has 10 heteroatoms. The number of nitro benzene ring substituents is 1. The minimum atomic E-state index is -0.683. The van der Waals surface area contributed by atoms with Crippen LogP contribution in [-0.2, 0) is 17.8 Å². The number of carbonyl (C=O) groups is 1. The van der Waals surface area contributed by atoms with Crippen molar-refractivity contribution in [1.29, 1.82) is 5.41 Å². The summed E-state index contributed by atoms with van der Waals surface area (Å²) in [6.45, 7) is 4.53. The van der Waals surface area contributed by atoms with Crippen LogP contribution in [0, 0.1) is 22.4 Å². The summed E-state index contributed by atoms with van der Waals surface area (Å²) in [7, 11) is 0. The topological polar surface area (TPSA) is 115 Å². The predicted octanol–water partition coefficient (Wildman–Crippen LogP) is 5.74. The van der Waals surface area contributed by atoms with E-state index < -0.39 is 10.8 Å². The zero-order valence-electron chi connectivity index (χ0n) is 19.0. The Balaban J connectivity index is 1.52. The number of nitrogens with zero attached hydrogens (tertiary/aromatic N) is 4. The molecule has 0 amide bonds. The smallest absolute Gasteiger partial charge is 0.269 e. The number of benzene rings is 2. The van der Waals surface area contributed by atoms with Crippen molar-refractivity contribution in [2.75, 3.05) is 0 Å². The second-order valence-electron chi connectivity index (χ2n) is 8.19. The number of carbonyl (C=O) groups excluding carboxylic acids is 1. The average Bonchev–Trinajstić information content (AvgIpc) is 3.51. The maximum atomic E-state index is 13.3. The van der Waals surface area contributed by atoms with Crippen LogP contribution in [-0.4, -0.2) is 30.5 Å². The first-order valence-electron chi connectivity index (χ1n) is 11.0. The fraction of sp³-hybridized carbons (Fsp3) is 0.200. The molecule has 35 heavy (non-hydrogen) atoms. The summed E-state index contributed by atoms with van der Waals surface area (Å²) in [5.41, 5.74) is 3.91. The number of hydrogen-bond donors (Lipinski definition) is 1. The van der Waals surface area contributed by atoms with Gasteiger partial charge in [0.25, 0.3) is 5.69 Å². The zero-order valence-corrected chi connectivity index (χ0v) is 20.7. The number of fused-ring (bicyclic) bond motifs is 1. The van der Waals surface area contributed by atoms with E-state index in [9.17, 15) is 14.9 Å². The van der Waals surface area contributed by atoms with Gasteiger partial charge < -0.3 is 4.57 Å². The van der Waals surface area contributed by atoms with Crippen LogP contribution in [0.5, 0.6) is 0 Å². The molecule has 3 heterocycles. The largest absolute Gasteiger partial charge is 0.340 e. The second-order valence-corrected chi connectivity index (χ2v) is 10.4. The third kappa shape index (κ3) is 4.19. The molecule has 176 valence electrons. The lowest BCUT2D eigenvalue weighted by atomic mass is 10.0. The first-order chi connectivity index (χ1) is 16.9. The van der Waals surface area contributed by atoms with Crippen LogP contribution < -0.4 is 0 Å². The molecular formula is C25H21N5O3S2. The average molecular weight is 504 g/mol. The van der Waals surface area contributed by atoms with E-state index in [4.69, 9.17) is 5.41 Å². The van der Waals surface area contributed by atoms with Gasteiger partial charge in [0.1, 0.15) is 15.9 Å². The number of para-hydroxylation sites is 1. The molecule has 0 bridgehead atoms. The molecule has 1 N–H and O–H groups in total. The Bertz CT molecular complexity index is 1520. The van der Waals surface area contributed by atoms with Gasteiger partial charge in [-0.1, -0.05) is 49.0 Å². The summed E-state index contributed by atoms with van der Waals surface area (Å²) in [6.07, 6.45) is 2.63. The number of ketones is 1. The maximum Gasteiger partial charge on any atom is 0.269 e. The highest BCUT2D eigenvalue weighted by Gasteiger charge is 2.39. The maximum absolute atomic E-state index is 13.3. The molecule has 0 aliphatic carbocycles. The molecule has 5 rings (SSSR count). The fourth-order valence-electron chi connectivity index (χ4n) is 4.22.